The second kappa shape index (κ2) is 7.42. The zero-order chi connectivity index (χ0) is 17.8. The number of amides is 1. The molecule has 0 bridgehead atoms. The molecule has 1 aliphatic heterocycles. The summed E-state index contributed by atoms with van der Waals surface area (Å²) in [6.07, 6.45) is 6.44. The molecule has 0 aliphatic carbocycles. The van der Waals surface area contributed by atoms with Crippen molar-refractivity contribution in [3.63, 3.8) is 0 Å². The van der Waals surface area contributed by atoms with Gasteiger partial charge < -0.3 is 10.0 Å². The lowest BCUT2D eigenvalue weighted by atomic mass is 9.93. The van der Waals surface area contributed by atoms with Gasteiger partial charge >= 0.3 is 5.97 Å². The Labute approximate surface area is 146 Å². The molecular formula is C19H21N3O3. The second-order valence-electron chi connectivity index (χ2n) is 6.45. The lowest BCUT2D eigenvalue weighted by Crippen LogP contribution is -2.39. The molecule has 6 heteroatoms. The average molecular weight is 339 g/mol. The molecule has 6 nitrogen and oxygen atoms in total. The molecule has 1 aliphatic rings. The van der Waals surface area contributed by atoms with E-state index in [1.807, 2.05) is 4.90 Å². The van der Waals surface area contributed by atoms with Crippen LogP contribution in [0.1, 0.15) is 35.8 Å². The van der Waals surface area contributed by atoms with Gasteiger partial charge in [-0.3, -0.25) is 14.8 Å². The molecule has 1 aromatic heterocycles. The van der Waals surface area contributed by atoms with Crippen molar-refractivity contribution in [1.82, 2.24) is 14.9 Å². The minimum absolute atomic E-state index is 0.135. The summed E-state index contributed by atoms with van der Waals surface area (Å²) in [6, 6.07) is 6.59. The zero-order valence-corrected chi connectivity index (χ0v) is 14.2. The van der Waals surface area contributed by atoms with Crippen LogP contribution in [0.3, 0.4) is 0 Å². The molecular weight excluding hydrogens is 318 g/mol. The van der Waals surface area contributed by atoms with E-state index < -0.39 is 5.97 Å². The van der Waals surface area contributed by atoms with Gasteiger partial charge in [0.15, 0.2) is 0 Å². The smallest absolute Gasteiger partial charge is 0.335 e. The van der Waals surface area contributed by atoms with E-state index >= 15 is 0 Å². The van der Waals surface area contributed by atoms with E-state index in [9.17, 15) is 9.59 Å². The highest BCUT2D eigenvalue weighted by molar-refractivity contribution is 5.88. The summed E-state index contributed by atoms with van der Waals surface area (Å²) in [6.45, 7) is 3.25. The summed E-state index contributed by atoms with van der Waals surface area (Å²) in [7, 11) is 0. The molecule has 0 radical (unpaired) electrons. The van der Waals surface area contributed by atoms with E-state index in [4.69, 9.17) is 5.11 Å². The van der Waals surface area contributed by atoms with Gasteiger partial charge in [0.25, 0.3) is 0 Å². The first-order chi connectivity index (χ1) is 12.0. The minimum Gasteiger partial charge on any atom is -0.478 e. The Morgan fingerprint density at radius 3 is 2.56 bits per heavy atom. The Kier molecular flexibility index (Phi) is 5.07. The van der Waals surface area contributed by atoms with E-state index in [0.29, 0.717) is 5.92 Å². The van der Waals surface area contributed by atoms with Gasteiger partial charge in [-0.25, -0.2) is 4.79 Å². The first-order valence-electron chi connectivity index (χ1n) is 8.43. The highest BCUT2D eigenvalue weighted by atomic mass is 16.4. The fourth-order valence-electron chi connectivity index (χ4n) is 3.21. The van der Waals surface area contributed by atoms with Crippen molar-refractivity contribution >= 4 is 11.9 Å². The summed E-state index contributed by atoms with van der Waals surface area (Å²) < 4.78 is 0. The molecule has 25 heavy (non-hydrogen) atoms. The van der Waals surface area contributed by atoms with E-state index in [-0.39, 0.29) is 11.5 Å². The third-order valence-corrected chi connectivity index (χ3v) is 4.60. The molecule has 0 unspecified atom stereocenters. The molecule has 2 aromatic rings. The maximum Gasteiger partial charge on any atom is 0.335 e. The van der Waals surface area contributed by atoms with Crippen LogP contribution in [0.15, 0.2) is 36.7 Å². The van der Waals surface area contributed by atoms with Crippen LogP contribution in [0.5, 0.6) is 0 Å². The molecule has 2 heterocycles. The summed E-state index contributed by atoms with van der Waals surface area (Å²) in [4.78, 5) is 33.3. The predicted molar refractivity (Wildman–Crippen MR) is 93.1 cm³/mol. The van der Waals surface area contributed by atoms with Crippen molar-refractivity contribution in [2.75, 3.05) is 13.1 Å². The van der Waals surface area contributed by atoms with Crippen LogP contribution in [-0.2, 0) is 11.2 Å². The number of hydrogen-bond acceptors (Lipinski definition) is 4. The Balaban J connectivity index is 1.66. The largest absolute Gasteiger partial charge is 0.478 e. The summed E-state index contributed by atoms with van der Waals surface area (Å²) in [5, 5.41) is 8.94. The summed E-state index contributed by atoms with van der Waals surface area (Å²) >= 11 is 0. The number of nitrogens with zero attached hydrogens (tertiary/aromatic N) is 3. The molecule has 1 atom stereocenters. The van der Waals surface area contributed by atoms with Crippen molar-refractivity contribution in [2.24, 2.45) is 5.92 Å². The number of piperidine rings is 1. The van der Waals surface area contributed by atoms with E-state index in [2.05, 4.69) is 9.97 Å². The second-order valence-corrected chi connectivity index (χ2v) is 6.45. The Bertz CT molecular complexity index is 756. The molecule has 1 aromatic carbocycles. The van der Waals surface area contributed by atoms with Gasteiger partial charge in [-0.15, -0.1) is 0 Å². The van der Waals surface area contributed by atoms with Gasteiger partial charge in [-0.2, -0.15) is 0 Å². The summed E-state index contributed by atoms with van der Waals surface area (Å²) in [5.41, 5.74) is 2.72. The fourth-order valence-corrected chi connectivity index (χ4v) is 3.21. The fraction of sp³-hybridized carbons (Fsp3) is 0.368. The van der Waals surface area contributed by atoms with Crippen molar-refractivity contribution in [3.05, 3.63) is 47.9 Å². The van der Waals surface area contributed by atoms with Crippen LogP contribution < -0.4 is 0 Å². The van der Waals surface area contributed by atoms with Crippen LogP contribution in [0.4, 0.5) is 0 Å². The van der Waals surface area contributed by atoms with Gasteiger partial charge in [-0.1, -0.05) is 12.1 Å². The van der Waals surface area contributed by atoms with Crippen LogP contribution >= 0.6 is 0 Å². The predicted octanol–water partition coefficient (Wildman–Crippen LogP) is 2.64. The first-order valence-corrected chi connectivity index (χ1v) is 8.43. The van der Waals surface area contributed by atoms with Crippen LogP contribution in [0, 0.1) is 5.92 Å². The van der Waals surface area contributed by atoms with Crippen LogP contribution in [0.25, 0.3) is 11.3 Å². The van der Waals surface area contributed by atoms with Crippen molar-refractivity contribution in [1.29, 1.82) is 0 Å². The molecule has 130 valence electrons. The average Bonchev–Trinajstić information content (AvgIpc) is 2.63. The monoisotopic (exact) mass is 339 g/mol. The highest BCUT2D eigenvalue weighted by Gasteiger charge is 2.22. The van der Waals surface area contributed by atoms with Gasteiger partial charge in [0.05, 0.1) is 23.1 Å². The normalized spacial score (nSPS) is 17.3. The van der Waals surface area contributed by atoms with Crippen LogP contribution in [-0.4, -0.2) is 44.9 Å². The number of aromatic carboxylic acids is 1. The molecule has 1 N–H and O–H groups in total. The topological polar surface area (TPSA) is 83.4 Å². The number of carboxylic acids is 1. The standard InChI is InChI=1S/C19H21N3O3/c1-13(23)22-8-2-3-14(12-22)9-17-10-21-18(11-20-17)15-4-6-16(7-5-15)19(24)25/h4-7,10-11,14H,2-3,8-9,12H2,1H3,(H,24,25)/t14-/m0/s1. The molecule has 1 fully saturated rings. The van der Waals surface area contributed by atoms with Gasteiger partial charge in [-0.05, 0) is 37.3 Å². The van der Waals surface area contributed by atoms with Crippen molar-refractivity contribution < 1.29 is 14.7 Å². The van der Waals surface area contributed by atoms with Crippen molar-refractivity contribution in [2.45, 2.75) is 26.2 Å². The highest BCUT2D eigenvalue weighted by Crippen LogP contribution is 2.21. The molecule has 1 saturated heterocycles. The Morgan fingerprint density at radius 2 is 1.96 bits per heavy atom. The minimum atomic E-state index is -0.944. The number of carbonyl (C=O) groups excluding carboxylic acids is 1. The number of benzene rings is 1. The SMILES string of the molecule is CC(=O)N1CCC[C@@H](Cc2cnc(-c3ccc(C(=O)O)cc3)cn2)C1. The van der Waals surface area contributed by atoms with Gasteiger partial charge in [0, 0.05) is 31.8 Å². The third kappa shape index (κ3) is 4.21. The Hall–Kier alpha value is -2.76. The molecule has 1 amide bonds. The molecule has 3 rings (SSSR count). The lowest BCUT2D eigenvalue weighted by Gasteiger charge is -2.31. The maximum absolute atomic E-state index is 11.5. The zero-order valence-electron chi connectivity index (χ0n) is 14.2. The number of carbonyl (C=O) groups is 2. The first kappa shape index (κ1) is 17.1. The summed E-state index contributed by atoms with van der Waals surface area (Å²) in [5.74, 6) is -0.386. The number of likely N-dealkylation sites (tertiary alicyclic amines) is 1. The number of aromatic nitrogens is 2. The van der Waals surface area contributed by atoms with E-state index in [0.717, 1.165) is 49.3 Å². The molecule has 0 spiro atoms. The molecule has 0 saturated carbocycles. The van der Waals surface area contributed by atoms with E-state index in [1.165, 1.54) is 0 Å². The number of carboxylic acid groups (broad SMARTS) is 1. The van der Waals surface area contributed by atoms with E-state index in [1.54, 1.807) is 43.6 Å². The van der Waals surface area contributed by atoms with Crippen LogP contribution in [0.2, 0.25) is 0 Å². The van der Waals surface area contributed by atoms with Crippen molar-refractivity contribution in [3.8, 4) is 11.3 Å². The quantitative estimate of drug-likeness (QED) is 0.926. The van der Waals surface area contributed by atoms with Gasteiger partial charge in [0.1, 0.15) is 0 Å². The third-order valence-electron chi connectivity index (χ3n) is 4.60. The number of hydrogen-bond donors (Lipinski definition) is 1. The van der Waals surface area contributed by atoms with Gasteiger partial charge in [0.2, 0.25) is 5.91 Å². The number of rotatable bonds is 4. The Morgan fingerprint density at radius 1 is 1.20 bits per heavy atom. The maximum atomic E-state index is 11.5. The lowest BCUT2D eigenvalue weighted by molar-refractivity contribution is -0.130.